The van der Waals surface area contributed by atoms with E-state index in [1.165, 1.54) is 11.8 Å². The average Bonchev–Trinajstić information content (AvgIpc) is 3.02. The van der Waals surface area contributed by atoms with Gasteiger partial charge in [0.2, 0.25) is 0 Å². The van der Waals surface area contributed by atoms with Crippen molar-refractivity contribution in [1.82, 2.24) is 19.3 Å². The van der Waals surface area contributed by atoms with Gasteiger partial charge < -0.3 is 4.42 Å². The number of nitrogens with one attached hydrogen (secondary N) is 1. The van der Waals surface area contributed by atoms with Crippen LogP contribution in [0.1, 0.15) is 13.3 Å². The minimum atomic E-state index is -0.366. The normalized spacial score (nSPS) is 11.3. The summed E-state index contributed by atoms with van der Waals surface area (Å²) in [6.07, 6.45) is 0.860. The number of thioether (sulfide) groups is 1. The summed E-state index contributed by atoms with van der Waals surface area (Å²) < 4.78 is 8.40. The summed E-state index contributed by atoms with van der Waals surface area (Å²) in [4.78, 5) is 23.5. The molecule has 116 valence electrons. The Kier molecular flexibility index (Phi) is 4.19. The fourth-order valence-corrected chi connectivity index (χ4v) is 3.18. The van der Waals surface area contributed by atoms with Gasteiger partial charge in [0.05, 0.1) is 5.52 Å². The van der Waals surface area contributed by atoms with E-state index in [2.05, 4.69) is 10.2 Å². The van der Waals surface area contributed by atoms with Gasteiger partial charge >= 0.3 is 11.4 Å². The van der Waals surface area contributed by atoms with Crippen molar-refractivity contribution in [1.29, 1.82) is 0 Å². The quantitative estimate of drug-likeness (QED) is 0.698. The summed E-state index contributed by atoms with van der Waals surface area (Å²) in [6.45, 7) is 3.13. The number of aromatic amines is 1. The number of hydrogen-bond donors (Lipinski definition) is 1. The monoisotopic (exact) mass is 320 g/mol. The molecule has 0 bridgehead atoms. The molecule has 0 saturated carbocycles. The maximum atomic E-state index is 11.9. The summed E-state index contributed by atoms with van der Waals surface area (Å²) in [5.41, 5.74) is 1.16. The van der Waals surface area contributed by atoms with Gasteiger partial charge in [-0.15, -0.1) is 5.10 Å². The van der Waals surface area contributed by atoms with Gasteiger partial charge in [-0.05, 0) is 18.6 Å². The van der Waals surface area contributed by atoms with Gasteiger partial charge in [-0.1, -0.05) is 30.8 Å². The van der Waals surface area contributed by atoms with Crippen molar-refractivity contribution in [3.63, 3.8) is 0 Å². The van der Waals surface area contributed by atoms with E-state index >= 15 is 0 Å². The van der Waals surface area contributed by atoms with Crippen molar-refractivity contribution in [2.24, 2.45) is 0 Å². The Morgan fingerprint density at radius 1 is 1.23 bits per heavy atom. The molecule has 3 aromatic rings. The molecule has 0 atom stereocenters. The highest BCUT2D eigenvalue weighted by Crippen LogP contribution is 2.16. The largest absolute Gasteiger partial charge is 0.419 e. The lowest BCUT2D eigenvalue weighted by molar-refractivity contribution is 0.514. The molecule has 0 amide bonds. The molecule has 22 heavy (non-hydrogen) atoms. The lowest BCUT2D eigenvalue weighted by Crippen LogP contribution is -2.18. The fourth-order valence-electron chi connectivity index (χ4n) is 2.29. The van der Waals surface area contributed by atoms with Crippen LogP contribution in [0.5, 0.6) is 0 Å². The van der Waals surface area contributed by atoms with Crippen LogP contribution in [0.3, 0.4) is 0 Å². The second-order valence-electron chi connectivity index (χ2n) is 4.80. The molecule has 0 fully saturated rings. The molecule has 0 saturated heterocycles. The summed E-state index contributed by atoms with van der Waals surface area (Å²) in [5, 5.41) is 7.12. The Morgan fingerprint density at radius 2 is 2.05 bits per heavy atom. The van der Waals surface area contributed by atoms with E-state index in [1.54, 1.807) is 15.2 Å². The first kappa shape index (κ1) is 14.7. The second-order valence-corrected chi connectivity index (χ2v) is 5.86. The Hall–Kier alpha value is -2.22. The maximum absolute atomic E-state index is 11.9. The summed E-state index contributed by atoms with van der Waals surface area (Å²) in [5.74, 6) is 0.257. The Labute approximate surface area is 129 Å². The third-order valence-electron chi connectivity index (χ3n) is 3.29. The molecular formula is C14H16N4O3S. The molecule has 2 aromatic heterocycles. The van der Waals surface area contributed by atoms with E-state index in [-0.39, 0.29) is 11.4 Å². The summed E-state index contributed by atoms with van der Waals surface area (Å²) in [6, 6.07) is 7.32. The minimum Gasteiger partial charge on any atom is -0.408 e. The topological polar surface area (TPSA) is 85.8 Å². The molecule has 7 nitrogen and oxygen atoms in total. The van der Waals surface area contributed by atoms with E-state index in [4.69, 9.17) is 4.42 Å². The molecule has 0 aliphatic carbocycles. The van der Waals surface area contributed by atoms with Gasteiger partial charge in [0.25, 0.3) is 0 Å². The smallest absolute Gasteiger partial charge is 0.408 e. The first-order valence-electron chi connectivity index (χ1n) is 7.07. The second kappa shape index (κ2) is 6.27. The number of oxazole rings is 1. The van der Waals surface area contributed by atoms with Crippen molar-refractivity contribution in [3.05, 3.63) is 45.3 Å². The standard InChI is InChI=1S/C14H16N4O3S/c1-2-7-18-12(19)15-16-13(18)22-9-8-17-10-5-3-4-6-11(10)21-14(17)20/h3-6H,2,7-9H2,1H3,(H,15,19). The van der Waals surface area contributed by atoms with E-state index in [0.717, 1.165) is 11.9 Å². The molecular weight excluding hydrogens is 304 g/mol. The molecule has 0 unspecified atom stereocenters. The van der Waals surface area contributed by atoms with E-state index in [1.807, 2.05) is 25.1 Å². The zero-order chi connectivity index (χ0) is 15.5. The third-order valence-corrected chi connectivity index (χ3v) is 4.25. The number of nitrogens with zero attached hydrogens (tertiary/aromatic N) is 3. The molecule has 1 N–H and O–H groups in total. The number of rotatable bonds is 6. The molecule has 0 aliphatic heterocycles. The predicted octanol–water partition coefficient (Wildman–Crippen LogP) is 1.68. The molecule has 2 heterocycles. The van der Waals surface area contributed by atoms with Gasteiger partial charge in [0, 0.05) is 18.8 Å². The zero-order valence-electron chi connectivity index (χ0n) is 12.1. The average molecular weight is 320 g/mol. The van der Waals surface area contributed by atoms with Crippen molar-refractivity contribution < 1.29 is 4.42 Å². The highest BCUT2D eigenvalue weighted by molar-refractivity contribution is 7.99. The predicted molar refractivity (Wildman–Crippen MR) is 84.3 cm³/mol. The van der Waals surface area contributed by atoms with Crippen LogP contribution >= 0.6 is 11.8 Å². The lowest BCUT2D eigenvalue weighted by Gasteiger charge is -2.04. The Morgan fingerprint density at radius 3 is 2.86 bits per heavy atom. The van der Waals surface area contributed by atoms with Gasteiger partial charge in [-0.25, -0.2) is 14.7 Å². The van der Waals surface area contributed by atoms with E-state index in [0.29, 0.717) is 29.6 Å². The Bertz CT molecular complexity index is 889. The number of fused-ring (bicyclic) bond motifs is 1. The number of aryl methyl sites for hydroxylation is 1. The lowest BCUT2D eigenvalue weighted by atomic mass is 10.3. The zero-order valence-corrected chi connectivity index (χ0v) is 12.9. The van der Waals surface area contributed by atoms with Crippen molar-refractivity contribution in [2.75, 3.05) is 5.75 Å². The highest BCUT2D eigenvalue weighted by Gasteiger charge is 2.11. The van der Waals surface area contributed by atoms with Gasteiger partial charge in [-0.2, -0.15) is 0 Å². The number of hydrogen-bond acceptors (Lipinski definition) is 5. The molecule has 0 spiro atoms. The van der Waals surface area contributed by atoms with Crippen molar-refractivity contribution >= 4 is 22.9 Å². The number of H-pyrrole nitrogens is 1. The van der Waals surface area contributed by atoms with Crippen LogP contribution in [0.15, 0.2) is 43.4 Å². The van der Waals surface area contributed by atoms with Gasteiger partial charge in [-0.3, -0.25) is 9.13 Å². The van der Waals surface area contributed by atoms with Crippen molar-refractivity contribution in [3.8, 4) is 0 Å². The fraction of sp³-hybridized carbons (Fsp3) is 0.357. The first-order valence-corrected chi connectivity index (χ1v) is 8.05. The summed E-state index contributed by atoms with van der Waals surface area (Å²) in [7, 11) is 0. The first-order chi connectivity index (χ1) is 10.7. The molecule has 3 rings (SSSR count). The summed E-state index contributed by atoms with van der Waals surface area (Å²) >= 11 is 1.44. The molecule has 1 aromatic carbocycles. The van der Waals surface area contributed by atoms with Crippen LogP contribution in [0.25, 0.3) is 11.1 Å². The third kappa shape index (κ3) is 2.74. The van der Waals surface area contributed by atoms with Crippen LogP contribution < -0.4 is 11.4 Å². The molecule has 8 heteroatoms. The number of benzene rings is 1. The van der Waals surface area contributed by atoms with Crippen molar-refractivity contribution in [2.45, 2.75) is 31.6 Å². The maximum Gasteiger partial charge on any atom is 0.419 e. The van der Waals surface area contributed by atoms with Gasteiger partial charge in [0.1, 0.15) is 0 Å². The van der Waals surface area contributed by atoms with Crippen LogP contribution in [0, 0.1) is 0 Å². The molecule has 0 aliphatic rings. The van der Waals surface area contributed by atoms with Crippen LogP contribution in [-0.2, 0) is 13.1 Å². The van der Waals surface area contributed by atoms with Crippen LogP contribution in [-0.4, -0.2) is 25.1 Å². The highest BCUT2D eigenvalue weighted by atomic mass is 32.2. The number of para-hydroxylation sites is 2. The minimum absolute atomic E-state index is 0.199. The van der Waals surface area contributed by atoms with E-state index < -0.39 is 0 Å². The number of aromatic nitrogens is 4. The van der Waals surface area contributed by atoms with Crippen LogP contribution in [0.4, 0.5) is 0 Å². The van der Waals surface area contributed by atoms with Crippen LogP contribution in [0.2, 0.25) is 0 Å². The Balaban J connectivity index is 1.74. The SMILES string of the molecule is CCCn1c(SCCn2c(=O)oc3ccccc32)n[nH]c1=O. The molecule has 0 radical (unpaired) electrons. The van der Waals surface area contributed by atoms with Gasteiger partial charge in [0.15, 0.2) is 10.7 Å². The van der Waals surface area contributed by atoms with E-state index in [9.17, 15) is 9.59 Å².